The number of nitrogens with zero attached hydrogens (tertiary/aromatic N) is 1. The Bertz CT molecular complexity index is 985. The summed E-state index contributed by atoms with van der Waals surface area (Å²) in [7, 11) is 0. The number of fused-ring (bicyclic) bond motifs is 1. The molecule has 3 aromatic rings. The number of benzene rings is 2. The maximum Gasteiger partial charge on any atom is 0.178 e. The first kappa shape index (κ1) is 16.7. The molecule has 0 fully saturated rings. The first-order valence-electron chi connectivity index (χ1n) is 8.88. The van der Waals surface area contributed by atoms with Crippen LogP contribution in [0.5, 0.6) is 0 Å². The number of Topliss-reactive ketones (excluding diaryl/α,β-unsaturated/α-hetero) is 1. The number of rotatable bonds is 4. The Morgan fingerprint density at radius 2 is 2.00 bits per heavy atom. The zero-order valence-electron chi connectivity index (χ0n) is 14.8. The lowest BCUT2D eigenvalue weighted by atomic mass is 9.99. The first-order chi connectivity index (χ1) is 12.6. The molecule has 2 heterocycles. The predicted molar refractivity (Wildman–Crippen MR) is 103 cm³/mol. The Kier molecular flexibility index (Phi) is 4.43. The van der Waals surface area contributed by atoms with E-state index in [0.29, 0.717) is 6.54 Å². The molecule has 0 spiro atoms. The standard InChI is InChI=1S/C22H21FN2O/c1-15-2-7-21-19(12-15)20(13-24-21)22(26)14-25-10-8-17(9-11-25)16-3-5-18(23)6-4-16/h2-8,12-13,24H,9-11,14H2,1H3. The van der Waals surface area contributed by atoms with E-state index < -0.39 is 0 Å². The average Bonchev–Trinajstić information content (AvgIpc) is 3.06. The molecule has 0 amide bonds. The minimum absolute atomic E-state index is 0.139. The number of aryl methyl sites for hydroxylation is 1. The van der Waals surface area contributed by atoms with Crippen molar-refractivity contribution in [2.24, 2.45) is 0 Å². The van der Waals surface area contributed by atoms with Gasteiger partial charge < -0.3 is 4.98 Å². The maximum atomic E-state index is 13.1. The summed E-state index contributed by atoms with van der Waals surface area (Å²) < 4.78 is 13.1. The van der Waals surface area contributed by atoms with Crippen LogP contribution in [0.4, 0.5) is 4.39 Å². The fourth-order valence-electron chi connectivity index (χ4n) is 3.53. The normalized spacial score (nSPS) is 15.2. The summed E-state index contributed by atoms with van der Waals surface area (Å²) in [5.41, 5.74) is 5.19. The third-order valence-corrected chi connectivity index (χ3v) is 5.01. The quantitative estimate of drug-likeness (QED) is 0.700. The molecule has 132 valence electrons. The summed E-state index contributed by atoms with van der Waals surface area (Å²) in [6.07, 6.45) is 4.82. The van der Waals surface area contributed by atoms with Gasteiger partial charge in [-0.05, 0) is 48.7 Å². The number of hydrogen-bond donors (Lipinski definition) is 1. The highest BCUT2D eigenvalue weighted by atomic mass is 19.1. The predicted octanol–water partition coefficient (Wildman–Crippen LogP) is 4.59. The molecule has 0 atom stereocenters. The Morgan fingerprint density at radius 1 is 1.19 bits per heavy atom. The molecule has 1 aliphatic heterocycles. The van der Waals surface area contributed by atoms with E-state index in [0.717, 1.165) is 47.1 Å². The van der Waals surface area contributed by atoms with E-state index in [1.54, 1.807) is 0 Å². The first-order valence-corrected chi connectivity index (χ1v) is 8.88. The smallest absolute Gasteiger partial charge is 0.178 e. The topological polar surface area (TPSA) is 36.1 Å². The summed E-state index contributed by atoms with van der Waals surface area (Å²) in [5, 5.41) is 0.995. The largest absolute Gasteiger partial charge is 0.360 e. The van der Waals surface area contributed by atoms with Crippen molar-refractivity contribution in [3.05, 3.63) is 77.2 Å². The van der Waals surface area contributed by atoms with Crippen LogP contribution in [0.2, 0.25) is 0 Å². The van der Waals surface area contributed by atoms with Crippen molar-refractivity contribution in [2.75, 3.05) is 19.6 Å². The van der Waals surface area contributed by atoms with E-state index in [-0.39, 0.29) is 11.6 Å². The number of carbonyl (C=O) groups excluding carboxylic acids is 1. The van der Waals surface area contributed by atoms with Crippen LogP contribution in [-0.2, 0) is 0 Å². The number of aromatic nitrogens is 1. The van der Waals surface area contributed by atoms with E-state index in [9.17, 15) is 9.18 Å². The van der Waals surface area contributed by atoms with Crippen LogP contribution in [0.3, 0.4) is 0 Å². The van der Waals surface area contributed by atoms with Crippen LogP contribution >= 0.6 is 0 Å². The van der Waals surface area contributed by atoms with Gasteiger partial charge in [-0.3, -0.25) is 9.69 Å². The van der Waals surface area contributed by atoms with Gasteiger partial charge in [0, 0.05) is 35.8 Å². The van der Waals surface area contributed by atoms with Crippen molar-refractivity contribution in [1.29, 1.82) is 0 Å². The lowest BCUT2D eigenvalue weighted by molar-refractivity contribution is 0.0939. The van der Waals surface area contributed by atoms with Gasteiger partial charge in [0.2, 0.25) is 0 Å². The highest BCUT2D eigenvalue weighted by molar-refractivity contribution is 6.08. The minimum Gasteiger partial charge on any atom is -0.360 e. The second-order valence-corrected chi connectivity index (χ2v) is 6.90. The van der Waals surface area contributed by atoms with E-state index in [1.165, 1.54) is 17.7 Å². The third-order valence-electron chi connectivity index (χ3n) is 5.01. The van der Waals surface area contributed by atoms with Gasteiger partial charge in [-0.2, -0.15) is 0 Å². The summed E-state index contributed by atoms with van der Waals surface area (Å²) in [6, 6.07) is 12.7. The molecule has 1 aromatic heterocycles. The molecule has 0 aliphatic carbocycles. The molecule has 0 unspecified atom stereocenters. The SMILES string of the molecule is Cc1ccc2[nH]cc(C(=O)CN3CC=C(c4ccc(F)cc4)CC3)c2c1. The number of H-pyrrole nitrogens is 1. The average molecular weight is 348 g/mol. The Morgan fingerprint density at radius 3 is 2.73 bits per heavy atom. The number of ketones is 1. The van der Waals surface area contributed by atoms with E-state index in [1.807, 2.05) is 37.4 Å². The summed E-state index contributed by atoms with van der Waals surface area (Å²) >= 11 is 0. The maximum absolute atomic E-state index is 13.1. The second kappa shape index (κ2) is 6.89. The zero-order chi connectivity index (χ0) is 18.1. The monoisotopic (exact) mass is 348 g/mol. The molecule has 3 nitrogen and oxygen atoms in total. The van der Waals surface area contributed by atoms with Crippen molar-refractivity contribution >= 4 is 22.3 Å². The lowest BCUT2D eigenvalue weighted by Crippen LogP contribution is -2.33. The Balaban J connectivity index is 1.46. The zero-order valence-corrected chi connectivity index (χ0v) is 14.8. The van der Waals surface area contributed by atoms with E-state index in [2.05, 4.69) is 22.0 Å². The molecule has 2 aromatic carbocycles. The van der Waals surface area contributed by atoms with E-state index in [4.69, 9.17) is 0 Å². The minimum atomic E-state index is -0.216. The molecule has 4 rings (SSSR count). The number of aromatic amines is 1. The van der Waals surface area contributed by atoms with Gasteiger partial charge in [0.05, 0.1) is 6.54 Å². The second-order valence-electron chi connectivity index (χ2n) is 6.90. The highest BCUT2D eigenvalue weighted by Crippen LogP contribution is 2.24. The van der Waals surface area contributed by atoms with Gasteiger partial charge in [-0.25, -0.2) is 4.39 Å². The van der Waals surface area contributed by atoms with Crippen LogP contribution in [0.15, 0.2) is 54.7 Å². The van der Waals surface area contributed by atoms with Gasteiger partial charge in [0.15, 0.2) is 5.78 Å². The van der Waals surface area contributed by atoms with Crippen LogP contribution in [0.25, 0.3) is 16.5 Å². The Hall–Kier alpha value is -2.72. The van der Waals surface area contributed by atoms with Gasteiger partial charge in [0.1, 0.15) is 5.82 Å². The van der Waals surface area contributed by atoms with Crippen molar-refractivity contribution in [2.45, 2.75) is 13.3 Å². The van der Waals surface area contributed by atoms with Crippen molar-refractivity contribution in [3.63, 3.8) is 0 Å². The number of hydrogen-bond acceptors (Lipinski definition) is 2. The van der Waals surface area contributed by atoms with Crippen LogP contribution in [-0.4, -0.2) is 35.3 Å². The van der Waals surface area contributed by atoms with Crippen molar-refractivity contribution in [1.82, 2.24) is 9.88 Å². The van der Waals surface area contributed by atoms with Gasteiger partial charge in [-0.1, -0.05) is 29.8 Å². The van der Waals surface area contributed by atoms with Crippen molar-refractivity contribution < 1.29 is 9.18 Å². The summed E-state index contributed by atoms with van der Waals surface area (Å²) in [5.74, 6) is -0.0770. The fourth-order valence-corrected chi connectivity index (χ4v) is 3.53. The molecule has 0 saturated carbocycles. The molecule has 0 radical (unpaired) electrons. The molecular formula is C22H21FN2O. The van der Waals surface area contributed by atoms with Crippen molar-refractivity contribution in [3.8, 4) is 0 Å². The van der Waals surface area contributed by atoms with E-state index >= 15 is 0 Å². The molecule has 4 heteroatoms. The number of carbonyl (C=O) groups is 1. The fraction of sp³-hybridized carbons (Fsp3) is 0.227. The molecule has 1 aliphatic rings. The number of halogens is 1. The third kappa shape index (κ3) is 3.33. The van der Waals surface area contributed by atoms with Crippen LogP contribution in [0.1, 0.15) is 27.9 Å². The molecule has 0 saturated heterocycles. The highest BCUT2D eigenvalue weighted by Gasteiger charge is 2.19. The summed E-state index contributed by atoms with van der Waals surface area (Å²) in [6.45, 7) is 4.01. The number of nitrogens with one attached hydrogen (secondary N) is 1. The Labute approximate surface area is 152 Å². The summed E-state index contributed by atoms with van der Waals surface area (Å²) in [4.78, 5) is 18.1. The van der Waals surface area contributed by atoms with Gasteiger partial charge in [-0.15, -0.1) is 0 Å². The molecule has 1 N–H and O–H groups in total. The van der Waals surface area contributed by atoms with Crippen LogP contribution in [0, 0.1) is 12.7 Å². The lowest BCUT2D eigenvalue weighted by Gasteiger charge is -2.25. The molecule has 0 bridgehead atoms. The van der Waals surface area contributed by atoms with Gasteiger partial charge in [0.25, 0.3) is 0 Å². The molecular weight excluding hydrogens is 327 g/mol. The van der Waals surface area contributed by atoms with Crippen LogP contribution < -0.4 is 0 Å². The molecule has 26 heavy (non-hydrogen) atoms. The van der Waals surface area contributed by atoms with Gasteiger partial charge >= 0.3 is 0 Å².